The summed E-state index contributed by atoms with van der Waals surface area (Å²) < 4.78 is 0. The Morgan fingerprint density at radius 2 is 0.885 bits per heavy atom. The molecular weight excluding hydrogens is 829 g/mol. The van der Waals surface area contributed by atoms with E-state index in [2.05, 4.69) is 66.6 Å². The van der Waals surface area contributed by atoms with Crippen LogP contribution in [0.25, 0.3) is 55.0 Å². The Bertz CT molecular complexity index is 2290. The van der Waals surface area contributed by atoms with Crippen molar-refractivity contribution >= 4 is 60.8 Å². The number of aliphatic hydroxyl groups is 1. The number of carbonyl (C=O) groups excluding carboxylic acids is 1. The molecule has 0 fully saturated rings. The van der Waals surface area contributed by atoms with Gasteiger partial charge in [0.2, 0.25) is 0 Å². The Hall–Kier alpha value is -5.90. The second-order valence-corrected chi connectivity index (χ2v) is 12.3. The van der Waals surface area contributed by atoms with Gasteiger partial charge in [-0.15, -0.1) is 22.9 Å². The maximum Gasteiger partial charge on any atom is 0.155 e. The van der Waals surface area contributed by atoms with E-state index in [-0.39, 0.29) is 31.6 Å². The van der Waals surface area contributed by atoms with Crippen LogP contribution in [-0.2, 0) is 24.9 Å². The molecule has 0 atom stereocenters. The second-order valence-electron chi connectivity index (χ2n) is 12.3. The van der Waals surface area contributed by atoms with E-state index in [0.29, 0.717) is 0 Å². The summed E-state index contributed by atoms with van der Waals surface area (Å²) in [7, 11) is 8.15. The van der Waals surface area contributed by atoms with Gasteiger partial charge in [0.05, 0.1) is 5.76 Å². The fourth-order valence-electron chi connectivity index (χ4n) is 5.69. The van der Waals surface area contributed by atoms with Gasteiger partial charge in [-0.25, -0.2) is 0 Å². The van der Waals surface area contributed by atoms with Gasteiger partial charge >= 0.3 is 0 Å². The number of rotatable bonds is 5. The van der Waals surface area contributed by atoms with Gasteiger partial charge in [-0.05, 0) is 77.7 Å². The van der Waals surface area contributed by atoms with Crippen molar-refractivity contribution in [3.8, 4) is 11.4 Å². The van der Waals surface area contributed by atoms with Gasteiger partial charge in [-0.1, -0.05) is 82.8 Å². The van der Waals surface area contributed by atoms with Crippen LogP contribution in [0.1, 0.15) is 13.8 Å². The minimum absolute atomic E-state index is 0. The zero-order valence-electron chi connectivity index (χ0n) is 29.7. The predicted octanol–water partition coefficient (Wildman–Crippen LogP) is 7.91. The fraction of sp³-hybridized carbons (Fsp3) is 0.146. The van der Waals surface area contributed by atoms with Crippen molar-refractivity contribution in [3.05, 3.63) is 133 Å². The standard InChI is InChI=1S/2C18H15N4.C5H8O2.Ir/c2*1-21(2)17-11-12-18(14-8-4-3-7-13(14)17)22-19-15-9-5-6-10-16(15)20-22;1-4(6)3-5(2)7;/h2*3-11H,1-2H3;3,6H,1-2H3;/q2*-1;;/b;;4-3-;. The van der Waals surface area contributed by atoms with Gasteiger partial charge in [0, 0.05) is 26.2 Å². The molecule has 0 aliphatic rings. The van der Waals surface area contributed by atoms with E-state index in [1.807, 2.05) is 113 Å². The summed E-state index contributed by atoms with van der Waals surface area (Å²) in [5.41, 5.74) is 7.56. The third-order valence-corrected chi connectivity index (χ3v) is 7.96. The monoisotopic (exact) mass is 867 g/mol. The summed E-state index contributed by atoms with van der Waals surface area (Å²) in [6.07, 6.45) is 1.17. The SMILES string of the molecule is CC(=O)/C=C(/C)O.CN(C)c1c[c-]c(-n2nc3ccccc3n2)c2ccccc12.CN(C)c1c[c-]c(-n2nc3ccccc3n2)c2ccccc12.[Ir]. The molecule has 0 bridgehead atoms. The van der Waals surface area contributed by atoms with Crippen LogP contribution >= 0.6 is 0 Å². The van der Waals surface area contributed by atoms with Crippen molar-refractivity contribution in [2.75, 3.05) is 38.0 Å². The largest absolute Gasteiger partial charge is 0.512 e. The Kier molecular flexibility index (Phi) is 11.8. The number of anilines is 2. The van der Waals surface area contributed by atoms with Gasteiger partial charge in [-0.2, -0.15) is 54.3 Å². The summed E-state index contributed by atoms with van der Waals surface area (Å²) in [5.74, 6) is -0.0625. The summed E-state index contributed by atoms with van der Waals surface area (Å²) in [6, 6.07) is 43.0. The maximum atomic E-state index is 10.0. The van der Waals surface area contributed by atoms with E-state index >= 15 is 0 Å². The van der Waals surface area contributed by atoms with Crippen molar-refractivity contribution in [1.82, 2.24) is 30.0 Å². The van der Waals surface area contributed by atoms with Crippen molar-refractivity contribution in [1.29, 1.82) is 0 Å². The van der Waals surface area contributed by atoms with E-state index in [0.717, 1.165) is 55.6 Å². The van der Waals surface area contributed by atoms with E-state index in [9.17, 15) is 4.79 Å². The van der Waals surface area contributed by atoms with Crippen LogP contribution in [0, 0.1) is 12.1 Å². The molecule has 0 amide bonds. The van der Waals surface area contributed by atoms with Crippen LogP contribution in [0.15, 0.2) is 121 Å². The predicted molar refractivity (Wildman–Crippen MR) is 206 cm³/mol. The first-order valence-corrected chi connectivity index (χ1v) is 16.3. The quantitative estimate of drug-likeness (QED) is 0.106. The molecule has 52 heavy (non-hydrogen) atoms. The second kappa shape index (κ2) is 16.4. The van der Waals surface area contributed by atoms with Crippen molar-refractivity contribution in [2.24, 2.45) is 0 Å². The number of hydrogen-bond acceptors (Lipinski definition) is 8. The molecule has 0 saturated carbocycles. The molecule has 0 spiro atoms. The zero-order chi connectivity index (χ0) is 36.1. The summed E-state index contributed by atoms with van der Waals surface area (Å²) in [4.78, 5) is 17.5. The molecule has 1 radical (unpaired) electrons. The number of aromatic nitrogens is 6. The van der Waals surface area contributed by atoms with Crippen LogP contribution in [0.2, 0.25) is 0 Å². The summed E-state index contributed by atoms with van der Waals surface area (Å²) in [5, 5.41) is 31.2. The molecule has 8 aromatic rings. The molecule has 10 nitrogen and oxygen atoms in total. The molecule has 0 aliphatic heterocycles. The molecule has 2 aromatic heterocycles. The van der Waals surface area contributed by atoms with E-state index < -0.39 is 0 Å². The third-order valence-electron chi connectivity index (χ3n) is 7.96. The molecule has 265 valence electrons. The Balaban J connectivity index is 0.000000168. The van der Waals surface area contributed by atoms with Crippen molar-refractivity contribution in [3.63, 3.8) is 0 Å². The Morgan fingerprint density at radius 1 is 0.577 bits per heavy atom. The van der Waals surface area contributed by atoms with Crippen molar-refractivity contribution in [2.45, 2.75) is 13.8 Å². The van der Waals surface area contributed by atoms with Crippen LogP contribution in [0.3, 0.4) is 0 Å². The molecule has 6 aromatic carbocycles. The zero-order valence-corrected chi connectivity index (χ0v) is 32.1. The van der Waals surface area contributed by atoms with Gasteiger partial charge in [0.1, 0.15) is 22.1 Å². The first-order chi connectivity index (χ1) is 24.6. The van der Waals surface area contributed by atoms with Gasteiger partial charge < -0.3 is 14.9 Å². The van der Waals surface area contributed by atoms with E-state index in [1.54, 1.807) is 9.59 Å². The minimum Gasteiger partial charge on any atom is -0.512 e. The number of benzene rings is 6. The first kappa shape index (κ1) is 37.4. The van der Waals surface area contributed by atoms with Crippen LogP contribution in [-0.4, -0.2) is 69.1 Å². The maximum absolute atomic E-state index is 10.0. The van der Waals surface area contributed by atoms with Crippen LogP contribution < -0.4 is 9.80 Å². The third kappa shape index (κ3) is 8.18. The molecule has 8 rings (SSSR count). The van der Waals surface area contributed by atoms with Gasteiger partial charge in [-0.3, -0.25) is 4.79 Å². The number of hydrogen-bond donors (Lipinski definition) is 1. The number of aliphatic hydroxyl groups excluding tert-OH is 1. The Morgan fingerprint density at radius 3 is 1.15 bits per heavy atom. The molecule has 11 heteroatoms. The normalized spacial score (nSPS) is 11.0. The average molecular weight is 867 g/mol. The number of nitrogens with zero attached hydrogens (tertiary/aromatic N) is 8. The fourth-order valence-corrected chi connectivity index (χ4v) is 5.69. The first-order valence-electron chi connectivity index (χ1n) is 16.3. The molecule has 1 N–H and O–H groups in total. The van der Waals surface area contributed by atoms with E-state index in [4.69, 9.17) is 5.11 Å². The molecular formula is C41H38IrN8O2-2. The number of fused-ring (bicyclic) bond motifs is 4. The van der Waals surface area contributed by atoms with Crippen LogP contribution in [0.4, 0.5) is 11.4 Å². The number of ketones is 1. The molecule has 0 aliphatic carbocycles. The number of carbonyl (C=O) groups is 1. The van der Waals surface area contributed by atoms with Gasteiger partial charge in [0.15, 0.2) is 5.78 Å². The topological polar surface area (TPSA) is 105 Å². The van der Waals surface area contributed by atoms with Gasteiger partial charge in [0.25, 0.3) is 0 Å². The number of allylic oxidation sites excluding steroid dienone is 2. The van der Waals surface area contributed by atoms with Crippen molar-refractivity contribution < 1.29 is 30.0 Å². The summed E-state index contributed by atoms with van der Waals surface area (Å²) in [6.45, 7) is 2.85. The molecule has 2 heterocycles. The van der Waals surface area contributed by atoms with Crippen LogP contribution in [0.5, 0.6) is 0 Å². The smallest absolute Gasteiger partial charge is 0.155 e. The molecule has 0 unspecified atom stereocenters. The average Bonchev–Trinajstić information content (AvgIpc) is 3.75. The molecule has 0 saturated heterocycles. The summed E-state index contributed by atoms with van der Waals surface area (Å²) >= 11 is 0. The Labute approximate surface area is 315 Å². The minimum atomic E-state index is -0.125. The van der Waals surface area contributed by atoms with E-state index in [1.165, 1.54) is 30.7 Å².